The Labute approximate surface area is 122 Å². The maximum Gasteiger partial charge on any atom is 0.340 e. The highest BCUT2D eigenvalue weighted by Gasteiger charge is 2.27. The lowest BCUT2D eigenvalue weighted by Crippen LogP contribution is -2.42. The average molecular weight is 298 g/mol. The molecule has 1 aliphatic heterocycles. The van der Waals surface area contributed by atoms with E-state index in [4.69, 9.17) is 0 Å². The number of nitrogens with one attached hydrogen (secondary N) is 2. The van der Waals surface area contributed by atoms with Crippen LogP contribution in [0.3, 0.4) is 0 Å². The van der Waals surface area contributed by atoms with Gasteiger partial charge in [0.1, 0.15) is 0 Å². The SMILES string of the molecule is COC(=O)c1ccc(NCC2(C)CCCNC2)c(F)c1F. The van der Waals surface area contributed by atoms with Crippen LogP contribution in [0.5, 0.6) is 0 Å². The van der Waals surface area contributed by atoms with Crippen LogP contribution in [0.15, 0.2) is 12.1 Å². The van der Waals surface area contributed by atoms with Crippen LogP contribution in [0, 0.1) is 17.0 Å². The van der Waals surface area contributed by atoms with Gasteiger partial charge in [-0.15, -0.1) is 0 Å². The summed E-state index contributed by atoms with van der Waals surface area (Å²) < 4.78 is 32.2. The summed E-state index contributed by atoms with van der Waals surface area (Å²) in [4.78, 5) is 11.3. The van der Waals surface area contributed by atoms with Crippen molar-refractivity contribution in [1.29, 1.82) is 0 Å². The first kappa shape index (κ1) is 15.7. The van der Waals surface area contributed by atoms with Gasteiger partial charge in [-0.3, -0.25) is 0 Å². The summed E-state index contributed by atoms with van der Waals surface area (Å²) in [6.07, 6.45) is 2.09. The number of carbonyl (C=O) groups is 1. The first-order valence-corrected chi connectivity index (χ1v) is 6.98. The van der Waals surface area contributed by atoms with E-state index >= 15 is 0 Å². The highest BCUT2D eigenvalue weighted by Crippen LogP contribution is 2.27. The summed E-state index contributed by atoms with van der Waals surface area (Å²) in [7, 11) is 1.13. The van der Waals surface area contributed by atoms with Crippen molar-refractivity contribution in [1.82, 2.24) is 5.32 Å². The molecule has 0 spiro atoms. The summed E-state index contributed by atoms with van der Waals surface area (Å²) in [5.41, 5.74) is -0.333. The van der Waals surface area contributed by atoms with Crippen molar-refractivity contribution < 1.29 is 18.3 Å². The summed E-state index contributed by atoms with van der Waals surface area (Å²) >= 11 is 0. The van der Waals surface area contributed by atoms with E-state index in [0.29, 0.717) is 6.54 Å². The molecule has 1 saturated heterocycles. The number of rotatable bonds is 4. The third-order valence-corrected chi connectivity index (χ3v) is 3.88. The molecule has 0 amide bonds. The van der Waals surface area contributed by atoms with Gasteiger partial charge in [0.05, 0.1) is 18.4 Å². The van der Waals surface area contributed by atoms with Crippen LogP contribution in [0.25, 0.3) is 0 Å². The number of carbonyl (C=O) groups excluding carboxylic acids is 1. The summed E-state index contributed by atoms with van der Waals surface area (Å²) in [6, 6.07) is 2.60. The lowest BCUT2D eigenvalue weighted by Gasteiger charge is -2.34. The van der Waals surface area contributed by atoms with E-state index in [0.717, 1.165) is 33.0 Å². The topological polar surface area (TPSA) is 50.4 Å². The van der Waals surface area contributed by atoms with Crippen LogP contribution in [0.1, 0.15) is 30.1 Å². The van der Waals surface area contributed by atoms with Crippen LogP contribution in [0.2, 0.25) is 0 Å². The zero-order valence-corrected chi connectivity index (χ0v) is 12.3. The Kier molecular flexibility index (Phi) is 4.77. The minimum absolute atomic E-state index is 0.00217. The smallest absolute Gasteiger partial charge is 0.340 e. The van der Waals surface area contributed by atoms with Crippen molar-refractivity contribution in [3.05, 3.63) is 29.3 Å². The molecule has 21 heavy (non-hydrogen) atoms. The van der Waals surface area contributed by atoms with Gasteiger partial charge in [-0.1, -0.05) is 6.92 Å². The van der Waals surface area contributed by atoms with E-state index in [-0.39, 0.29) is 11.1 Å². The predicted molar refractivity (Wildman–Crippen MR) is 76.4 cm³/mol. The van der Waals surface area contributed by atoms with Crippen molar-refractivity contribution in [2.45, 2.75) is 19.8 Å². The molecule has 4 nitrogen and oxygen atoms in total. The van der Waals surface area contributed by atoms with Gasteiger partial charge in [0.2, 0.25) is 0 Å². The van der Waals surface area contributed by atoms with Gasteiger partial charge in [-0.25, -0.2) is 13.6 Å². The minimum Gasteiger partial charge on any atom is -0.465 e. The number of hydrogen-bond acceptors (Lipinski definition) is 4. The normalized spacial score (nSPS) is 21.9. The largest absolute Gasteiger partial charge is 0.465 e. The molecule has 0 radical (unpaired) electrons. The fourth-order valence-corrected chi connectivity index (χ4v) is 2.53. The Bertz CT molecular complexity index is 529. The van der Waals surface area contributed by atoms with Crippen LogP contribution in [-0.4, -0.2) is 32.7 Å². The fraction of sp³-hybridized carbons (Fsp3) is 0.533. The second-order valence-electron chi connectivity index (χ2n) is 5.72. The molecule has 6 heteroatoms. The molecule has 1 heterocycles. The molecule has 0 bridgehead atoms. The van der Waals surface area contributed by atoms with Crippen LogP contribution in [-0.2, 0) is 4.74 Å². The maximum absolute atomic E-state index is 14.0. The Balaban J connectivity index is 2.10. The van der Waals surface area contributed by atoms with Gasteiger partial charge in [-0.05, 0) is 36.9 Å². The van der Waals surface area contributed by atoms with Crippen molar-refractivity contribution in [2.75, 3.05) is 32.1 Å². The molecule has 1 aromatic rings. The quantitative estimate of drug-likeness (QED) is 0.839. The second-order valence-corrected chi connectivity index (χ2v) is 5.72. The van der Waals surface area contributed by atoms with E-state index in [1.807, 2.05) is 0 Å². The lowest BCUT2D eigenvalue weighted by atomic mass is 9.83. The molecule has 1 atom stereocenters. The Morgan fingerprint density at radius 3 is 2.81 bits per heavy atom. The molecule has 0 aromatic heterocycles. The van der Waals surface area contributed by atoms with E-state index < -0.39 is 23.2 Å². The Hall–Kier alpha value is -1.69. The molecule has 1 aliphatic rings. The average Bonchev–Trinajstić information content (AvgIpc) is 2.49. The zero-order chi connectivity index (χ0) is 15.5. The second kappa shape index (κ2) is 6.39. The van der Waals surface area contributed by atoms with Gasteiger partial charge in [0.25, 0.3) is 0 Å². The third-order valence-electron chi connectivity index (χ3n) is 3.88. The Morgan fingerprint density at radius 1 is 1.43 bits per heavy atom. The first-order chi connectivity index (χ1) is 9.97. The fourth-order valence-electron chi connectivity index (χ4n) is 2.53. The zero-order valence-electron chi connectivity index (χ0n) is 12.3. The summed E-state index contributed by atoms with van der Waals surface area (Å²) in [5, 5.41) is 6.24. The van der Waals surface area contributed by atoms with E-state index in [9.17, 15) is 13.6 Å². The van der Waals surface area contributed by atoms with Crippen LogP contribution >= 0.6 is 0 Å². The third kappa shape index (κ3) is 3.50. The van der Waals surface area contributed by atoms with Crippen LogP contribution < -0.4 is 10.6 Å². The standard InChI is InChI=1S/C15H20F2N2O2/c1-15(6-3-7-18-8-15)9-19-11-5-4-10(14(20)21-2)12(16)13(11)17/h4-5,18-19H,3,6-9H2,1-2H3. The minimum atomic E-state index is -1.18. The summed E-state index contributed by atoms with van der Waals surface area (Å²) in [6.45, 7) is 4.47. The van der Waals surface area contributed by atoms with Crippen molar-refractivity contribution in [3.8, 4) is 0 Å². The highest BCUT2D eigenvalue weighted by molar-refractivity contribution is 5.90. The number of ether oxygens (including phenoxy) is 1. The van der Waals surface area contributed by atoms with Gasteiger partial charge in [0.15, 0.2) is 11.6 Å². The van der Waals surface area contributed by atoms with E-state index in [1.165, 1.54) is 12.1 Å². The predicted octanol–water partition coefficient (Wildman–Crippen LogP) is 2.55. The maximum atomic E-state index is 14.0. The molecule has 1 aromatic carbocycles. The number of methoxy groups -OCH3 is 1. The number of halogens is 2. The monoisotopic (exact) mass is 298 g/mol. The van der Waals surface area contributed by atoms with Crippen molar-refractivity contribution in [3.63, 3.8) is 0 Å². The molecule has 2 rings (SSSR count). The van der Waals surface area contributed by atoms with Gasteiger partial charge < -0.3 is 15.4 Å². The van der Waals surface area contributed by atoms with E-state index in [2.05, 4.69) is 22.3 Å². The highest BCUT2D eigenvalue weighted by atomic mass is 19.2. The number of benzene rings is 1. The molecular formula is C15H20F2N2O2. The van der Waals surface area contributed by atoms with Crippen molar-refractivity contribution in [2.24, 2.45) is 5.41 Å². The van der Waals surface area contributed by atoms with Gasteiger partial charge in [0, 0.05) is 13.1 Å². The molecule has 0 aliphatic carbocycles. The van der Waals surface area contributed by atoms with Crippen molar-refractivity contribution >= 4 is 11.7 Å². The number of piperidine rings is 1. The molecular weight excluding hydrogens is 278 g/mol. The van der Waals surface area contributed by atoms with Gasteiger partial charge >= 0.3 is 5.97 Å². The lowest BCUT2D eigenvalue weighted by molar-refractivity contribution is 0.0594. The molecule has 2 N–H and O–H groups in total. The summed E-state index contributed by atoms with van der Waals surface area (Å²) in [5.74, 6) is -3.12. The number of anilines is 1. The molecule has 0 saturated carbocycles. The number of esters is 1. The number of hydrogen-bond donors (Lipinski definition) is 2. The van der Waals surface area contributed by atoms with Gasteiger partial charge in [-0.2, -0.15) is 0 Å². The Morgan fingerprint density at radius 2 is 2.19 bits per heavy atom. The van der Waals surface area contributed by atoms with Crippen LogP contribution in [0.4, 0.5) is 14.5 Å². The molecule has 1 fully saturated rings. The van der Waals surface area contributed by atoms with E-state index in [1.54, 1.807) is 0 Å². The first-order valence-electron chi connectivity index (χ1n) is 6.98. The molecule has 1 unspecified atom stereocenters. The molecule has 116 valence electrons.